The van der Waals surface area contributed by atoms with Crippen molar-refractivity contribution in [1.82, 2.24) is 14.8 Å². The standard InChI is InChI=1S/C17H16FN3S/c1-12-4-3-5-14(10-12)16-19-20-17(21(16)2)22-11-13-6-8-15(18)9-7-13/h3-10H,11H2,1-2H3. The molecule has 0 unspecified atom stereocenters. The third-order valence-corrected chi connectivity index (χ3v) is 4.48. The Labute approximate surface area is 133 Å². The molecule has 0 N–H and O–H groups in total. The summed E-state index contributed by atoms with van der Waals surface area (Å²) in [5.74, 6) is 1.37. The number of hydrogen-bond acceptors (Lipinski definition) is 3. The van der Waals surface area contributed by atoms with Gasteiger partial charge < -0.3 is 4.57 Å². The molecular weight excluding hydrogens is 297 g/mol. The highest BCUT2D eigenvalue weighted by molar-refractivity contribution is 7.98. The topological polar surface area (TPSA) is 30.7 Å². The lowest BCUT2D eigenvalue weighted by atomic mass is 10.1. The summed E-state index contributed by atoms with van der Waals surface area (Å²) >= 11 is 1.59. The van der Waals surface area contributed by atoms with Crippen LogP contribution in [0.3, 0.4) is 0 Å². The van der Waals surface area contributed by atoms with E-state index < -0.39 is 0 Å². The molecule has 0 spiro atoms. The van der Waals surface area contributed by atoms with Crippen molar-refractivity contribution >= 4 is 11.8 Å². The second-order valence-electron chi connectivity index (χ2n) is 5.15. The van der Waals surface area contributed by atoms with Gasteiger partial charge in [0.2, 0.25) is 0 Å². The van der Waals surface area contributed by atoms with Gasteiger partial charge in [0, 0.05) is 18.4 Å². The molecule has 0 aliphatic heterocycles. The van der Waals surface area contributed by atoms with Crippen LogP contribution in [0.4, 0.5) is 4.39 Å². The van der Waals surface area contributed by atoms with Gasteiger partial charge in [-0.2, -0.15) is 0 Å². The molecule has 22 heavy (non-hydrogen) atoms. The van der Waals surface area contributed by atoms with Crippen LogP contribution < -0.4 is 0 Å². The van der Waals surface area contributed by atoms with Gasteiger partial charge in [0.05, 0.1) is 0 Å². The van der Waals surface area contributed by atoms with Gasteiger partial charge in [0.1, 0.15) is 5.82 Å². The first-order chi connectivity index (χ1) is 10.6. The first kappa shape index (κ1) is 14.8. The Morgan fingerprint density at radius 2 is 1.86 bits per heavy atom. The number of hydrogen-bond donors (Lipinski definition) is 0. The van der Waals surface area contributed by atoms with E-state index in [1.54, 1.807) is 23.9 Å². The van der Waals surface area contributed by atoms with Gasteiger partial charge in [-0.15, -0.1) is 10.2 Å². The SMILES string of the molecule is Cc1cccc(-c2nnc(SCc3ccc(F)cc3)n2C)c1. The van der Waals surface area contributed by atoms with Crippen molar-refractivity contribution in [3.8, 4) is 11.4 Å². The number of rotatable bonds is 4. The molecular formula is C17H16FN3S. The first-order valence-electron chi connectivity index (χ1n) is 6.97. The number of thioether (sulfide) groups is 1. The Morgan fingerprint density at radius 1 is 1.09 bits per heavy atom. The summed E-state index contributed by atoms with van der Waals surface area (Å²) in [6, 6.07) is 14.7. The Kier molecular flexibility index (Phi) is 4.24. The summed E-state index contributed by atoms with van der Waals surface area (Å²) in [4.78, 5) is 0. The van der Waals surface area contributed by atoms with Gasteiger partial charge in [-0.3, -0.25) is 0 Å². The van der Waals surface area contributed by atoms with Crippen molar-refractivity contribution in [2.75, 3.05) is 0 Å². The van der Waals surface area contributed by atoms with Crippen LogP contribution in [0, 0.1) is 12.7 Å². The molecule has 0 fully saturated rings. The number of benzene rings is 2. The fraction of sp³-hybridized carbons (Fsp3) is 0.176. The average Bonchev–Trinajstić information content (AvgIpc) is 2.88. The van der Waals surface area contributed by atoms with Gasteiger partial charge in [0.15, 0.2) is 11.0 Å². The lowest BCUT2D eigenvalue weighted by molar-refractivity contribution is 0.627. The molecule has 2 aromatic carbocycles. The van der Waals surface area contributed by atoms with E-state index in [0.717, 1.165) is 27.9 Å². The zero-order valence-corrected chi connectivity index (χ0v) is 13.3. The maximum atomic E-state index is 12.9. The summed E-state index contributed by atoms with van der Waals surface area (Å²) in [5, 5.41) is 9.39. The largest absolute Gasteiger partial charge is 0.305 e. The Balaban J connectivity index is 1.77. The molecule has 0 atom stereocenters. The number of aryl methyl sites for hydroxylation is 1. The molecule has 0 saturated carbocycles. The van der Waals surface area contributed by atoms with Gasteiger partial charge in [-0.1, -0.05) is 47.7 Å². The predicted molar refractivity (Wildman–Crippen MR) is 87.1 cm³/mol. The third kappa shape index (κ3) is 3.20. The fourth-order valence-corrected chi connectivity index (χ4v) is 3.07. The maximum Gasteiger partial charge on any atom is 0.191 e. The monoisotopic (exact) mass is 313 g/mol. The quantitative estimate of drug-likeness (QED) is 0.676. The van der Waals surface area contributed by atoms with Gasteiger partial charge in [0.25, 0.3) is 0 Å². The van der Waals surface area contributed by atoms with Crippen LogP contribution in [0.25, 0.3) is 11.4 Å². The van der Waals surface area contributed by atoms with Crippen molar-refractivity contribution in [3.63, 3.8) is 0 Å². The lowest BCUT2D eigenvalue weighted by Gasteiger charge is -2.05. The normalized spacial score (nSPS) is 10.9. The highest BCUT2D eigenvalue weighted by Gasteiger charge is 2.11. The van der Waals surface area contributed by atoms with Crippen molar-refractivity contribution in [3.05, 3.63) is 65.5 Å². The van der Waals surface area contributed by atoms with Gasteiger partial charge in [-0.05, 0) is 30.7 Å². The van der Waals surface area contributed by atoms with E-state index in [1.807, 2.05) is 23.7 Å². The second-order valence-corrected chi connectivity index (χ2v) is 6.09. The van der Waals surface area contributed by atoms with Gasteiger partial charge in [-0.25, -0.2) is 4.39 Å². The van der Waals surface area contributed by atoms with E-state index in [4.69, 9.17) is 0 Å². The molecule has 0 saturated heterocycles. The van der Waals surface area contributed by atoms with Gasteiger partial charge >= 0.3 is 0 Å². The highest BCUT2D eigenvalue weighted by atomic mass is 32.2. The Hall–Kier alpha value is -2.14. The molecule has 1 heterocycles. The average molecular weight is 313 g/mol. The molecule has 3 nitrogen and oxygen atoms in total. The Morgan fingerprint density at radius 3 is 2.59 bits per heavy atom. The summed E-state index contributed by atoms with van der Waals surface area (Å²) in [6.07, 6.45) is 0. The molecule has 0 aliphatic rings. The first-order valence-corrected chi connectivity index (χ1v) is 7.96. The minimum absolute atomic E-state index is 0.214. The predicted octanol–water partition coefficient (Wildman–Crippen LogP) is 4.22. The van der Waals surface area contributed by atoms with E-state index in [0.29, 0.717) is 0 Å². The second kappa shape index (κ2) is 6.32. The van der Waals surface area contributed by atoms with Crippen LogP contribution in [-0.4, -0.2) is 14.8 Å². The third-order valence-electron chi connectivity index (χ3n) is 3.39. The van der Waals surface area contributed by atoms with E-state index >= 15 is 0 Å². The molecule has 0 radical (unpaired) electrons. The zero-order chi connectivity index (χ0) is 15.5. The minimum Gasteiger partial charge on any atom is -0.305 e. The summed E-state index contributed by atoms with van der Waals surface area (Å²) < 4.78 is 14.9. The van der Waals surface area contributed by atoms with E-state index in [2.05, 4.69) is 29.3 Å². The Bertz CT molecular complexity index is 781. The minimum atomic E-state index is -0.214. The van der Waals surface area contributed by atoms with Crippen LogP contribution in [0.1, 0.15) is 11.1 Å². The van der Waals surface area contributed by atoms with Crippen molar-refractivity contribution in [2.24, 2.45) is 7.05 Å². The molecule has 1 aromatic heterocycles. The summed E-state index contributed by atoms with van der Waals surface area (Å²) in [5.41, 5.74) is 3.32. The molecule has 5 heteroatoms. The number of nitrogens with zero attached hydrogens (tertiary/aromatic N) is 3. The van der Waals surface area contributed by atoms with Crippen LogP contribution in [0.5, 0.6) is 0 Å². The molecule has 3 rings (SSSR count). The smallest absolute Gasteiger partial charge is 0.191 e. The summed E-state index contributed by atoms with van der Waals surface area (Å²) in [6.45, 7) is 2.06. The summed E-state index contributed by atoms with van der Waals surface area (Å²) in [7, 11) is 1.96. The molecule has 112 valence electrons. The van der Waals surface area contributed by atoms with Crippen molar-refractivity contribution in [2.45, 2.75) is 17.8 Å². The molecule has 0 bridgehead atoms. The van der Waals surface area contributed by atoms with Crippen molar-refractivity contribution in [1.29, 1.82) is 0 Å². The van der Waals surface area contributed by atoms with E-state index in [1.165, 1.54) is 17.7 Å². The van der Waals surface area contributed by atoms with E-state index in [9.17, 15) is 4.39 Å². The fourth-order valence-electron chi connectivity index (χ4n) is 2.20. The van der Waals surface area contributed by atoms with Crippen LogP contribution in [-0.2, 0) is 12.8 Å². The zero-order valence-electron chi connectivity index (χ0n) is 12.5. The van der Waals surface area contributed by atoms with E-state index in [-0.39, 0.29) is 5.82 Å². The van der Waals surface area contributed by atoms with Crippen LogP contribution >= 0.6 is 11.8 Å². The number of aromatic nitrogens is 3. The number of halogens is 1. The maximum absolute atomic E-state index is 12.9. The molecule has 3 aromatic rings. The van der Waals surface area contributed by atoms with Crippen molar-refractivity contribution < 1.29 is 4.39 Å². The molecule has 0 amide bonds. The van der Waals surface area contributed by atoms with Crippen LogP contribution in [0.15, 0.2) is 53.7 Å². The highest BCUT2D eigenvalue weighted by Crippen LogP contribution is 2.25. The van der Waals surface area contributed by atoms with Crippen LogP contribution in [0.2, 0.25) is 0 Å². The molecule has 0 aliphatic carbocycles. The lowest BCUT2D eigenvalue weighted by Crippen LogP contribution is -1.95.